The number of hydrogen-bond donors (Lipinski definition) is 1. The molecule has 1 heterocycles. The lowest BCUT2D eigenvalue weighted by molar-refractivity contribution is -0.153. The lowest BCUT2D eigenvalue weighted by atomic mass is 9.63. The first-order chi connectivity index (χ1) is 8.91. The van der Waals surface area contributed by atoms with Crippen molar-refractivity contribution in [3.05, 3.63) is 0 Å². The highest BCUT2D eigenvalue weighted by Gasteiger charge is 2.53. The molecule has 1 saturated heterocycles. The highest BCUT2D eigenvalue weighted by molar-refractivity contribution is 5.06. The second-order valence-electron chi connectivity index (χ2n) is 7.31. The Balaban J connectivity index is 2.07. The Hall–Kier alpha value is -0.120. The summed E-state index contributed by atoms with van der Waals surface area (Å²) in [6.07, 6.45) is 2.87. The average Bonchev–Trinajstić information content (AvgIpc) is 2.37. The summed E-state index contributed by atoms with van der Waals surface area (Å²) in [5, 5.41) is 3.73. The maximum absolute atomic E-state index is 5.62. The Kier molecular flexibility index (Phi) is 4.59. The van der Waals surface area contributed by atoms with Crippen LogP contribution in [-0.2, 0) is 4.74 Å². The van der Waals surface area contributed by atoms with Crippen molar-refractivity contribution >= 4 is 0 Å². The van der Waals surface area contributed by atoms with Crippen molar-refractivity contribution in [1.29, 1.82) is 0 Å². The van der Waals surface area contributed by atoms with E-state index in [4.69, 9.17) is 4.74 Å². The van der Waals surface area contributed by atoms with Crippen molar-refractivity contribution in [2.75, 3.05) is 20.2 Å². The number of methoxy groups -OCH3 is 1. The number of rotatable bonds is 4. The van der Waals surface area contributed by atoms with Gasteiger partial charge in [-0.2, -0.15) is 0 Å². The first-order valence-corrected chi connectivity index (χ1v) is 7.93. The summed E-state index contributed by atoms with van der Waals surface area (Å²) in [7, 11) is 1.86. The largest absolute Gasteiger partial charge is 0.381 e. The Labute approximate surface area is 119 Å². The van der Waals surface area contributed by atoms with Gasteiger partial charge in [0, 0.05) is 43.7 Å². The minimum absolute atomic E-state index is 0.293. The van der Waals surface area contributed by atoms with Crippen molar-refractivity contribution in [1.82, 2.24) is 10.2 Å². The van der Waals surface area contributed by atoms with Crippen LogP contribution in [0.3, 0.4) is 0 Å². The zero-order valence-electron chi connectivity index (χ0n) is 13.6. The number of piperazine rings is 1. The molecule has 0 aromatic carbocycles. The first-order valence-electron chi connectivity index (χ1n) is 7.93. The van der Waals surface area contributed by atoms with Gasteiger partial charge in [-0.05, 0) is 18.8 Å². The van der Waals surface area contributed by atoms with Crippen LogP contribution < -0.4 is 5.32 Å². The number of nitrogens with zero attached hydrogens (tertiary/aromatic N) is 1. The molecule has 4 atom stereocenters. The van der Waals surface area contributed by atoms with Gasteiger partial charge in [0.25, 0.3) is 0 Å². The molecule has 3 heteroatoms. The monoisotopic (exact) mass is 268 g/mol. The maximum Gasteiger partial charge on any atom is 0.0652 e. The van der Waals surface area contributed by atoms with Crippen LogP contribution >= 0.6 is 0 Å². The minimum atomic E-state index is 0.293. The molecule has 112 valence electrons. The predicted molar refractivity (Wildman–Crippen MR) is 80.4 cm³/mol. The van der Waals surface area contributed by atoms with Crippen LogP contribution in [0.15, 0.2) is 0 Å². The summed E-state index contributed by atoms with van der Waals surface area (Å²) in [4.78, 5) is 2.77. The van der Waals surface area contributed by atoms with E-state index in [2.05, 4.69) is 44.8 Å². The summed E-state index contributed by atoms with van der Waals surface area (Å²) >= 11 is 0. The van der Waals surface area contributed by atoms with E-state index in [1.54, 1.807) is 0 Å². The molecule has 1 N–H and O–H groups in total. The number of hydrogen-bond acceptors (Lipinski definition) is 3. The molecule has 1 saturated carbocycles. The second kappa shape index (κ2) is 5.71. The van der Waals surface area contributed by atoms with Gasteiger partial charge in [-0.1, -0.05) is 34.6 Å². The van der Waals surface area contributed by atoms with Gasteiger partial charge in [0.1, 0.15) is 0 Å². The van der Waals surface area contributed by atoms with E-state index in [1.165, 1.54) is 19.4 Å². The molecule has 4 unspecified atom stereocenters. The minimum Gasteiger partial charge on any atom is -0.381 e. The predicted octanol–water partition coefficient (Wildman–Crippen LogP) is 2.51. The van der Waals surface area contributed by atoms with E-state index in [9.17, 15) is 0 Å². The Bertz CT molecular complexity index is 303. The Morgan fingerprint density at radius 3 is 2.53 bits per heavy atom. The van der Waals surface area contributed by atoms with Crippen molar-refractivity contribution in [3.8, 4) is 0 Å². The molecule has 19 heavy (non-hydrogen) atoms. The summed E-state index contributed by atoms with van der Waals surface area (Å²) in [5.74, 6) is 0.710. The van der Waals surface area contributed by atoms with Gasteiger partial charge in [0.2, 0.25) is 0 Å². The molecule has 0 aromatic rings. The SMILES string of the molecule is CCC1CNC(C(C)C)CN1C1CC(OC)C1(C)C. The van der Waals surface area contributed by atoms with Gasteiger partial charge in [-0.15, -0.1) is 0 Å². The Morgan fingerprint density at radius 1 is 1.37 bits per heavy atom. The molecule has 0 amide bonds. The lowest BCUT2D eigenvalue weighted by Gasteiger charge is -2.59. The zero-order chi connectivity index (χ0) is 14.2. The van der Waals surface area contributed by atoms with Gasteiger partial charge in [0.05, 0.1) is 6.10 Å². The molecule has 0 spiro atoms. The summed E-state index contributed by atoms with van der Waals surface area (Å²) in [5.41, 5.74) is 0.293. The summed E-state index contributed by atoms with van der Waals surface area (Å²) in [6.45, 7) is 14.0. The van der Waals surface area contributed by atoms with Crippen molar-refractivity contribution < 1.29 is 4.74 Å². The summed E-state index contributed by atoms with van der Waals surface area (Å²) in [6, 6.07) is 2.02. The molecule has 1 aliphatic carbocycles. The fourth-order valence-corrected chi connectivity index (χ4v) is 3.88. The van der Waals surface area contributed by atoms with Crippen LogP contribution in [0.5, 0.6) is 0 Å². The lowest BCUT2D eigenvalue weighted by Crippen LogP contribution is -2.69. The zero-order valence-corrected chi connectivity index (χ0v) is 13.6. The molecule has 2 fully saturated rings. The standard InChI is InChI=1S/C16H32N2O/c1-7-12-9-17-13(11(2)3)10-18(12)14-8-15(19-6)16(14,4)5/h11-15,17H,7-10H2,1-6H3. The fourth-order valence-electron chi connectivity index (χ4n) is 3.88. The third-order valence-corrected chi connectivity index (χ3v) is 5.58. The average molecular weight is 268 g/mol. The molecule has 2 rings (SSSR count). The van der Waals surface area contributed by atoms with Gasteiger partial charge < -0.3 is 10.1 Å². The van der Waals surface area contributed by atoms with E-state index in [0.717, 1.165) is 6.54 Å². The van der Waals surface area contributed by atoms with Crippen LogP contribution in [0.25, 0.3) is 0 Å². The van der Waals surface area contributed by atoms with Crippen LogP contribution in [0, 0.1) is 11.3 Å². The molecular weight excluding hydrogens is 236 g/mol. The fraction of sp³-hybridized carbons (Fsp3) is 1.00. The highest BCUT2D eigenvalue weighted by Crippen LogP contribution is 2.46. The van der Waals surface area contributed by atoms with Gasteiger partial charge >= 0.3 is 0 Å². The van der Waals surface area contributed by atoms with Crippen LogP contribution in [-0.4, -0.2) is 49.3 Å². The first kappa shape index (κ1) is 15.3. The molecule has 1 aliphatic heterocycles. The maximum atomic E-state index is 5.62. The van der Waals surface area contributed by atoms with Gasteiger partial charge in [-0.25, -0.2) is 0 Å². The number of nitrogens with one attached hydrogen (secondary N) is 1. The molecule has 0 aromatic heterocycles. The van der Waals surface area contributed by atoms with Gasteiger partial charge in [0.15, 0.2) is 0 Å². The van der Waals surface area contributed by atoms with E-state index >= 15 is 0 Å². The molecule has 0 bridgehead atoms. The van der Waals surface area contributed by atoms with E-state index in [-0.39, 0.29) is 0 Å². The second-order valence-corrected chi connectivity index (χ2v) is 7.31. The third kappa shape index (κ3) is 2.70. The van der Waals surface area contributed by atoms with Gasteiger partial charge in [-0.3, -0.25) is 4.90 Å². The van der Waals surface area contributed by atoms with E-state index in [0.29, 0.717) is 35.6 Å². The number of ether oxygens (including phenoxy) is 1. The Morgan fingerprint density at radius 2 is 2.05 bits per heavy atom. The molecule has 2 aliphatic rings. The van der Waals surface area contributed by atoms with Crippen LogP contribution in [0.2, 0.25) is 0 Å². The smallest absolute Gasteiger partial charge is 0.0652 e. The summed E-state index contributed by atoms with van der Waals surface area (Å²) < 4.78 is 5.62. The highest BCUT2D eigenvalue weighted by atomic mass is 16.5. The van der Waals surface area contributed by atoms with E-state index in [1.807, 2.05) is 7.11 Å². The van der Waals surface area contributed by atoms with Crippen molar-refractivity contribution in [2.45, 2.75) is 71.7 Å². The normalized spacial score (nSPS) is 39.3. The molecule has 3 nitrogen and oxygen atoms in total. The van der Waals surface area contributed by atoms with Crippen LogP contribution in [0.4, 0.5) is 0 Å². The third-order valence-electron chi connectivity index (χ3n) is 5.58. The molecule has 0 radical (unpaired) electrons. The van der Waals surface area contributed by atoms with E-state index < -0.39 is 0 Å². The topological polar surface area (TPSA) is 24.5 Å². The van der Waals surface area contributed by atoms with Crippen LogP contribution in [0.1, 0.15) is 47.5 Å². The van der Waals surface area contributed by atoms with Crippen molar-refractivity contribution in [2.24, 2.45) is 11.3 Å². The molecular formula is C16H32N2O. The quantitative estimate of drug-likeness (QED) is 0.848. The van der Waals surface area contributed by atoms with Crippen molar-refractivity contribution in [3.63, 3.8) is 0 Å².